The smallest absolute Gasteiger partial charge is 0.295 e. The predicted molar refractivity (Wildman–Crippen MR) is 75.5 cm³/mol. The molecule has 0 fully saturated rings. The van der Waals surface area contributed by atoms with Crippen molar-refractivity contribution in [1.82, 2.24) is 14.1 Å². The normalized spacial score (nSPS) is 11.2. The van der Waals surface area contributed by atoms with Gasteiger partial charge in [-0.3, -0.25) is 14.1 Å². The van der Waals surface area contributed by atoms with Crippen molar-refractivity contribution in [2.45, 2.75) is 6.54 Å². The summed E-state index contributed by atoms with van der Waals surface area (Å²) in [6.07, 6.45) is 3.27. The Morgan fingerprint density at radius 3 is 2.85 bits per heavy atom. The van der Waals surface area contributed by atoms with E-state index in [1.54, 1.807) is 40.7 Å². The van der Waals surface area contributed by atoms with E-state index >= 15 is 0 Å². The van der Waals surface area contributed by atoms with Gasteiger partial charge in [-0.05, 0) is 23.8 Å². The first-order valence-corrected chi connectivity index (χ1v) is 6.39. The van der Waals surface area contributed by atoms with Crippen LogP contribution in [0.5, 0.6) is 0 Å². The Morgan fingerprint density at radius 1 is 1.30 bits per heavy atom. The molecule has 2 heterocycles. The van der Waals surface area contributed by atoms with Crippen molar-refractivity contribution in [2.75, 3.05) is 0 Å². The molecule has 0 aliphatic rings. The largest absolute Gasteiger partial charge is 0.329 e. The summed E-state index contributed by atoms with van der Waals surface area (Å²) in [7, 11) is 1.70. The molecule has 1 aromatic carbocycles. The number of hydrogen-bond acceptors (Lipinski definition) is 2. The molecule has 4 nitrogen and oxygen atoms in total. The van der Waals surface area contributed by atoms with Crippen LogP contribution in [-0.4, -0.2) is 14.1 Å². The summed E-state index contributed by atoms with van der Waals surface area (Å²) in [5.41, 5.74) is 2.04. The fraction of sp³-hybridized carbons (Fsp3) is 0.143. The number of pyridine rings is 1. The molecule has 0 unspecified atom stereocenters. The molecule has 0 aliphatic carbocycles. The first kappa shape index (κ1) is 12.9. The summed E-state index contributed by atoms with van der Waals surface area (Å²) in [6.45, 7) is 0.279. The number of aromatic nitrogens is 3. The molecule has 0 N–H and O–H groups in total. The Morgan fingerprint density at radius 2 is 2.10 bits per heavy atom. The van der Waals surface area contributed by atoms with Gasteiger partial charge in [-0.25, -0.2) is 9.18 Å². The molecular weight excluding hydrogens is 281 g/mol. The minimum atomic E-state index is -0.398. The van der Waals surface area contributed by atoms with Gasteiger partial charge in [-0.2, -0.15) is 0 Å². The van der Waals surface area contributed by atoms with Crippen LogP contribution in [0.2, 0.25) is 5.02 Å². The first-order valence-electron chi connectivity index (χ1n) is 6.01. The van der Waals surface area contributed by atoms with Gasteiger partial charge in [0.2, 0.25) is 0 Å². The monoisotopic (exact) mass is 291 g/mol. The molecule has 20 heavy (non-hydrogen) atoms. The number of halogens is 2. The zero-order valence-electron chi connectivity index (χ0n) is 10.7. The number of hydrogen-bond donors (Lipinski definition) is 0. The number of rotatable bonds is 2. The molecule has 0 aliphatic heterocycles. The summed E-state index contributed by atoms with van der Waals surface area (Å²) in [6, 6.07) is 5.93. The molecule has 0 spiro atoms. The van der Waals surface area contributed by atoms with Crippen molar-refractivity contribution in [2.24, 2.45) is 7.05 Å². The summed E-state index contributed by atoms with van der Waals surface area (Å²) in [5, 5.41) is 0.304. The van der Waals surface area contributed by atoms with E-state index in [1.165, 1.54) is 12.1 Å². The van der Waals surface area contributed by atoms with Crippen LogP contribution in [0.25, 0.3) is 11.0 Å². The van der Waals surface area contributed by atoms with Gasteiger partial charge in [0.15, 0.2) is 0 Å². The van der Waals surface area contributed by atoms with E-state index in [1.807, 2.05) is 0 Å². The molecule has 0 radical (unpaired) electrons. The second kappa shape index (κ2) is 4.76. The predicted octanol–water partition coefficient (Wildman–Crippen LogP) is 2.58. The highest BCUT2D eigenvalue weighted by Gasteiger charge is 2.12. The van der Waals surface area contributed by atoms with Gasteiger partial charge >= 0.3 is 5.69 Å². The van der Waals surface area contributed by atoms with Crippen LogP contribution in [0.4, 0.5) is 4.39 Å². The third-order valence-electron chi connectivity index (χ3n) is 3.29. The number of benzene rings is 1. The minimum absolute atomic E-state index is 0.159. The zero-order valence-corrected chi connectivity index (χ0v) is 11.4. The summed E-state index contributed by atoms with van der Waals surface area (Å²) < 4.78 is 16.2. The standard InChI is InChI=1S/C14H11ClFN3O/c1-18-12-4-5-17-7-13(12)19(14(18)20)8-9-2-3-10(16)6-11(9)15/h2-7H,8H2,1H3. The van der Waals surface area contributed by atoms with Crippen LogP contribution in [0, 0.1) is 5.82 Å². The number of fused-ring (bicyclic) bond motifs is 1. The first-order chi connectivity index (χ1) is 9.58. The highest BCUT2D eigenvalue weighted by molar-refractivity contribution is 6.31. The maximum Gasteiger partial charge on any atom is 0.329 e. The van der Waals surface area contributed by atoms with Crippen LogP contribution in [-0.2, 0) is 13.6 Å². The molecule has 0 atom stereocenters. The molecule has 2 aromatic heterocycles. The number of aryl methyl sites for hydroxylation is 1. The highest BCUT2D eigenvalue weighted by atomic mass is 35.5. The summed E-state index contributed by atoms with van der Waals surface area (Å²) in [4.78, 5) is 16.3. The Hall–Kier alpha value is -2.14. The van der Waals surface area contributed by atoms with Gasteiger partial charge < -0.3 is 0 Å². The maximum absolute atomic E-state index is 13.1. The van der Waals surface area contributed by atoms with E-state index in [9.17, 15) is 9.18 Å². The van der Waals surface area contributed by atoms with Gasteiger partial charge in [0, 0.05) is 18.3 Å². The molecule has 0 saturated heterocycles. The quantitative estimate of drug-likeness (QED) is 0.728. The molecule has 3 aromatic rings. The van der Waals surface area contributed by atoms with Crippen molar-refractivity contribution >= 4 is 22.6 Å². The van der Waals surface area contributed by atoms with Crippen molar-refractivity contribution in [3.05, 3.63) is 63.5 Å². The van der Waals surface area contributed by atoms with Crippen molar-refractivity contribution in [3.63, 3.8) is 0 Å². The van der Waals surface area contributed by atoms with Crippen molar-refractivity contribution < 1.29 is 4.39 Å². The van der Waals surface area contributed by atoms with Crippen LogP contribution in [0.1, 0.15) is 5.56 Å². The molecule has 0 saturated carbocycles. The van der Waals surface area contributed by atoms with E-state index in [4.69, 9.17) is 11.6 Å². The van der Waals surface area contributed by atoms with Crippen LogP contribution < -0.4 is 5.69 Å². The van der Waals surface area contributed by atoms with E-state index in [-0.39, 0.29) is 12.2 Å². The van der Waals surface area contributed by atoms with E-state index in [0.717, 1.165) is 11.0 Å². The van der Waals surface area contributed by atoms with Gasteiger partial charge in [-0.1, -0.05) is 17.7 Å². The average Bonchev–Trinajstić information content (AvgIpc) is 2.67. The third-order valence-corrected chi connectivity index (χ3v) is 3.64. The topological polar surface area (TPSA) is 39.8 Å². The average molecular weight is 292 g/mol. The van der Waals surface area contributed by atoms with E-state index < -0.39 is 5.82 Å². The van der Waals surface area contributed by atoms with Crippen LogP contribution >= 0.6 is 11.6 Å². The van der Waals surface area contributed by atoms with Crippen LogP contribution in [0.15, 0.2) is 41.5 Å². The lowest BCUT2D eigenvalue weighted by Gasteiger charge is -2.05. The third kappa shape index (κ3) is 2.00. The zero-order chi connectivity index (χ0) is 14.3. The fourth-order valence-electron chi connectivity index (χ4n) is 2.23. The lowest BCUT2D eigenvalue weighted by Crippen LogP contribution is -2.22. The Bertz CT molecular complexity index is 853. The van der Waals surface area contributed by atoms with E-state index in [2.05, 4.69) is 4.98 Å². The number of nitrogens with zero attached hydrogens (tertiary/aromatic N) is 3. The second-order valence-electron chi connectivity index (χ2n) is 4.53. The Labute approximate surface area is 119 Å². The van der Waals surface area contributed by atoms with Gasteiger partial charge in [0.25, 0.3) is 0 Å². The van der Waals surface area contributed by atoms with Gasteiger partial charge in [0.1, 0.15) is 5.82 Å². The molecule has 6 heteroatoms. The SMILES string of the molecule is Cn1c(=O)n(Cc2ccc(F)cc2Cl)c2cnccc21. The molecule has 0 amide bonds. The maximum atomic E-state index is 13.1. The van der Waals surface area contributed by atoms with E-state index in [0.29, 0.717) is 10.6 Å². The van der Waals surface area contributed by atoms with Crippen molar-refractivity contribution in [1.29, 1.82) is 0 Å². The molecule has 3 rings (SSSR count). The summed E-state index contributed by atoms with van der Waals surface area (Å²) in [5.74, 6) is -0.398. The molecular formula is C14H11ClFN3O. The Kier molecular flexibility index (Phi) is 3.06. The Balaban J connectivity index is 2.16. The number of imidazole rings is 1. The minimum Gasteiger partial charge on any atom is -0.295 e. The molecule has 102 valence electrons. The highest BCUT2D eigenvalue weighted by Crippen LogP contribution is 2.19. The fourth-order valence-corrected chi connectivity index (χ4v) is 2.46. The lowest BCUT2D eigenvalue weighted by atomic mass is 10.2. The second-order valence-corrected chi connectivity index (χ2v) is 4.94. The van der Waals surface area contributed by atoms with Crippen molar-refractivity contribution in [3.8, 4) is 0 Å². The van der Waals surface area contributed by atoms with Gasteiger partial charge in [0.05, 0.1) is 23.8 Å². The van der Waals surface area contributed by atoms with Gasteiger partial charge in [-0.15, -0.1) is 0 Å². The van der Waals surface area contributed by atoms with Crippen LogP contribution in [0.3, 0.4) is 0 Å². The summed E-state index contributed by atoms with van der Waals surface area (Å²) >= 11 is 6.01. The molecule has 0 bridgehead atoms. The lowest BCUT2D eigenvalue weighted by molar-refractivity contribution is 0.626.